The molecule has 1 aromatic heterocycles. The summed E-state index contributed by atoms with van der Waals surface area (Å²) in [5.74, 6) is -2.83. The minimum absolute atomic E-state index is 0. The molecule has 0 radical (unpaired) electrons. The zero-order valence-corrected chi connectivity index (χ0v) is 17.3. The minimum Gasteiger partial charge on any atom is -0.871 e. The summed E-state index contributed by atoms with van der Waals surface area (Å²) in [4.78, 5) is 39.3. The van der Waals surface area contributed by atoms with Gasteiger partial charge in [0.05, 0.1) is 25.3 Å². The number of hydrogen-bond donors (Lipinski definition) is 0. The van der Waals surface area contributed by atoms with Gasteiger partial charge in [0.25, 0.3) is 0 Å². The Bertz CT molecular complexity index is 823. The summed E-state index contributed by atoms with van der Waals surface area (Å²) in [7, 11) is 2.17. The van der Waals surface area contributed by atoms with Crippen LogP contribution < -0.4 is 56.5 Å². The molecule has 2 rings (SSSR count). The van der Waals surface area contributed by atoms with Crippen LogP contribution in [0.3, 0.4) is 0 Å². The predicted octanol–water partition coefficient (Wildman–Crippen LogP) is -0.894. The van der Waals surface area contributed by atoms with Crippen LogP contribution in [0.15, 0.2) is 29.7 Å². The third kappa shape index (κ3) is 3.96. The van der Waals surface area contributed by atoms with Crippen molar-refractivity contribution in [3.05, 3.63) is 46.1 Å². The second-order valence-corrected chi connectivity index (χ2v) is 4.74. The molecule has 0 N–H and O–H groups in total. The Hall–Kier alpha value is -1.65. The number of carbonyl (C=O) groups is 2. The average Bonchev–Trinajstić information content (AvgIpc) is 2.61. The molecule has 8 nitrogen and oxygen atoms in total. The normalized spacial score (nSPS) is 9.72. The predicted molar refractivity (Wildman–Crippen MR) is 82.0 cm³/mol. The number of rotatable bonds is 4. The van der Waals surface area contributed by atoms with Crippen LogP contribution >= 0.6 is 0 Å². The fourth-order valence-corrected chi connectivity index (χ4v) is 2.39. The Morgan fingerprint density at radius 1 is 1.08 bits per heavy atom. The number of carbonyl (C=O) groups excluding carboxylic acids is 2. The van der Waals surface area contributed by atoms with Crippen LogP contribution in [-0.4, -0.2) is 31.1 Å². The van der Waals surface area contributed by atoms with E-state index >= 15 is 0 Å². The number of ether oxygens (including phenoxy) is 2. The van der Waals surface area contributed by atoms with Crippen molar-refractivity contribution in [2.24, 2.45) is 5.18 Å². The van der Waals surface area contributed by atoms with Crippen molar-refractivity contribution in [3.63, 3.8) is 0 Å². The molecule has 0 unspecified atom stereocenters. The first-order valence-corrected chi connectivity index (χ1v) is 6.75. The monoisotopic (exact) mass is 368 g/mol. The number of pyridine rings is 1. The van der Waals surface area contributed by atoms with E-state index in [-0.39, 0.29) is 68.2 Å². The molecule has 2 aromatic rings. The quantitative estimate of drug-likeness (QED) is 0.390. The molecular weight excluding hydrogens is 355 g/mol. The van der Waals surface area contributed by atoms with Crippen molar-refractivity contribution in [2.45, 2.75) is 6.92 Å². The van der Waals surface area contributed by atoms with Gasteiger partial charge in [0.15, 0.2) is 0 Å². The Morgan fingerprint density at radius 2 is 1.60 bits per heavy atom. The van der Waals surface area contributed by atoms with Crippen molar-refractivity contribution in [3.8, 4) is 16.9 Å². The number of aromatic nitrogens is 1. The maximum atomic E-state index is 12.7. The first kappa shape index (κ1) is 21.4. The summed E-state index contributed by atoms with van der Waals surface area (Å²) < 4.78 is 9.20. The van der Waals surface area contributed by atoms with Crippen LogP contribution in [0.4, 0.5) is 5.69 Å². The summed E-state index contributed by atoms with van der Waals surface area (Å²) in [6.07, 6.45) is 2.86. The molecule has 124 valence electrons. The fraction of sp³-hybridized carbons (Fsp3) is 0.188. The molecule has 0 fully saturated rings. The van der Waals surface area contributed by atoms with Crippen LogP contribution in [-0.2, 0) is 9.47 Å². The Balaban J connectivity index is 0.00000312. The van der Waals surface area contributed by atoms with Crippen molar-refractivity contribution in [1.82, 2.24) is 4.98 Å². The van der Waals surface area contributed by atoms with E-state index in [1.54, 1.807) is 0 Å². The maximum absolute atomic E-state index is 12.7. The van der Waals surface area contributed by atoms with E-state index in [1.165, 1.54) is 31.5 Å². The molecule has 9 heteroatoms. The van der Waals surface area contributed by atoms with Crippen LogP contribution in [0.1, 0.15) is 26.3 Å². The van der Waals surface area contributed by atoms with Gasteiger partial charge in [-0.2, -0.15) is 0 Å². The van der Waals surface area contributed by atoms with Gasteiger partial charge in [0, 0.05) is 18.0 Å². The molecule has 0 saturated heterocycles. The van der Waals surface area contributed by atoms with E-state index in [4.69, 9.17) is 0 Å². The van der Waals surface area contributed by atoms with Crippen LogP contribution in [0.5, 0.6) is 5.75 Å². The van der Waals surface area contributed by atoms with Crippen LogP contribution in [0, 0.1) is 11.8 Å². The molecule has 1 aromatic carbocycles. The molecular formula is C16H13KN2O6. The number of nitrogens with zero attached hydrogens (tertiary/aromatic N) is 2. The first-order chi connectivity index (χ1) is 11.5. The molecule has 0 bridgehead atoms. The van der Waals surface area contributed by atoms with Crippen molar-refractivity contribution in [2.75, 3.05) is 14.2 Å². The summed E-state index contributed by atoms with van der Waals surface area (Å²) in [6.45, 7) is 1.39. The van der Waals surface area contributed by atoms with Gasteiger partial charge < -0.3 is 14.6 Å². The van der Waals surface area contributed by atoms with Gasteiger partial charge in [0.1, 0.15) is 5.69 Å². The van der Waals surface area contributed by atoms with Gasteiger partial charge in [-0.05, 0) is 35.4 Å². The number of esters is 2. The van der Waals surface area contributed by atoms with Crippen molar-refractivity contribution >= 4 is 17.6 Å². The van der Waals surface area contributed by atoms with Gasteiger partial charge in [-0.3, -0.25) is 4.98 Å². The number of benzene rings is 1. The Kier molecular flexibility index (Phi) is 7.83. The van der Waals surface area contributed by atoms with E-state index in [2.05, 4.69) is 19.6 Å². The topological polar surface area (TPSA) is 118 Å². The summed E-state index contributed by atoms with van der Waals surface area (Å²) in [5, 5.41) is 15.6. The minimum atomic E-state index is -0.984. The average molecular weight is 368 g/mol. The van der Waals surface area contributed by atoms with Gasteiger partial charge in [0.2, 0.25) is 0 Å². The van der Waals surface area contributed by atoms with E-state index in [1.807, 2.05) is 0 Å². The molecule has 0 atom stereocenters. The third-order valence-electron chi connectivity index (χ3n) is 3.51. The van der Waals surface area contributed by atoms with Crippen molar-refractivity contribution in [1.29, 1.82) is 0 Å². The van der Waals surface area contributed by atoms with Crippen LogP contribution in [0.25, 0.3) is 11.1 Å². The maximum Gasteiger partial charge on any atom is 1.00 e. The smallest absolute Gasteiger partial charge is 0.871 e. The van der Waals surface area contributed by atoms with Gasteiger partial charge in [-0.15, -0.1) is 4.91 Å². The summed E-state index contributed by atoms with van der Waals surface area (Å²) in [5.41, 5.74) is -0.691. The van der Waals surface area contributed by atoms with Gasteiger partial charge >= 0.3 is 63.3 Å². The zero-order valence-electron chi connectivity index (χ0n) is 14.2. The summed E-state index contributed by atoms with van der Waals surface area (Å²) in [6, 6.07) is 3.01. The number of nitroso groups, excluding NO2 is 1. The Labute approximate surface area is 185 Å². The summed E-state index contributed by atoms with van der Waals surface area (Å²) >= 11 is 0. The third-order valence-corrected chi connectivity index (χ3v) is 3.51. The van der Waals surface area contributed by atoms with Crippen LogP contribution in [0.2, 0.25) is 0 Å². The molecule has 0 saturated carbocycles. The molecule has 0 aliphatic heterocycles. The fourth-order valence-electron chi connectivity index (χ4n) is 2.39. The van der Waals surface area contributed by atoms with E-state index < -0.39 is 28.8 Å². The molecule has 25 heavy (non-hydrogen) atoms. The molecule has 0 amide bonds. The number of hydrogen-bond acceptors (Lipinski definition) is 8. The molecule has 1 heterocycles. The standard InChI is InChI=1S/C16H14N2O6.K/c1-8-10(15(20)23-2)14(19)12(16(21)24-3)11(13(8)18-22)9-4-6-17-7-5-9;/h4-7,19H,1-3H3;/q;+1/p-1. The van der Waals surface area contributed by atoms with E-state index in [9.17, 15) is 19.6 Å². The molecule has 0 spiro atoms. The van der Waals surface area contributed by atoms with Crippen molar-refractivity contribution < 1.29 is 75.6 Å². The second-order valence-electron chi connectivity index (χ2n) is 4.74. The second kappa shape index (κ2) is 9.16. The Morgan fingerprint density at radius 3 is 2.08 bits per heavy atom. The zero-order chi connectivity index (χ0) is 17.9. The molecule has 0 aliphatic rings. The largest absolute Gasteiger partial charge is 1.00 e. The van der Waals surface area contributed by atoms with Gasteiger partial charge in [-0.1, -0.05) is 5.75 Å². The van der Waals surface area contributed by atoms with E-state index in [0.717, 1.165) is 14.2 Å². The SMILES string of the molecule is COC(=O)c1c(C)c(N=O)c(-c2ccncc2)c(C(=O)OC)c1[O-].[K+]. The van der Waals surface area contributed by atoms with E-state index in [0.29, 0.717) is 5.56 Å². The number of methoxy groups -OCH3 is 2. The first-order valence-electron chi connectivity index (χ1n) is 6.75. The molecule has 0 aliphatic carbocycles. The van der Waals surface area contributed by atoms with Gasteiger partial charge in [-0.25, -0.2) is 9.59 Å².